The van der Waals surface area contributed by atoms with Crippen molar-refractivity contribution in [3.63, 3.8) is 0 Å². The molecule has 0 bridgehead atoms. The van der Waals surface area contributed by atoms with Crippen LogP contribution < -0.4 is 0 Å². The molecule has 0 aromatic carbocycles. The summed E-state index contributed by atoms with van der Waals surface area (Å²) in [6.45, 7) is 5.89. The van der Waals surface area contributed by atoms with E-state index in [0.29, 0.717) is 5.69 Å². The zero-order valence-electron chi connectivity index (χ0n) is 10.9. The Morgan fingerprint density at radius 3 is 2.71 bits per heavy atom. The molecule has 0 spiro atoms. The van der Waals surface area contributed by atoms with Crippen LogP contribution in [0.4, 0.5) is 0 Å². The molecule has 1 N–H and O–H groups in total. The van der Waals surface area contributed by atoms with E-state index in [0.717, 1.165) is 16.6 Å². The van der Waals surface area contributed by atoms with Crippen LogP contribution in [0.15, 0.2) is 11.2 Å². The van der Waals surface area contributed by atoms with Gasteiger partial charge in [0.2, 0.25) is 0 Å². The fourth-order valence-electron chi connectivity index (χ4n) is 1.54. The molecular formula is C13H22N2OS. The summed E-state index contributed by atoms with van der Waals surface area (Å²) >= 11 is 1.68. The van der Waals surface area contributed by atoms with Gasteiger partial charge in [-0.2, -0.15) is 0 Å². The van der Waals surface area contributed by atoms with Gasteiger partial charge in [0.1, 0.15) is 0 Å². The number of aliphatic hydroxyl groups excluding tert-OH is 1. The first-order chi connectivity index (χ1) is 8.13. The second-order valence-electron chi connectivity index (χ2n) is 4.30. The van der Waals surface area contributed by atoms with Gasteiger partial charge in [-0.1, -0.05) is 37.9 Å². The minimum Gasteiger partial charge on any atom is -0.387 e. The van der Waals surface area contributed by atoms with Crippen LogP contribution in [0.25, 0.3) is 0 Å². The number of aromatic nitrogens is 2. The molecule has 0 aliphatic rings. The Labute approximate surface area is 108 Å². The Hall–Kier alpha value is -0.610. The highest BCUT2D eigenvalue weighted by atomic mass is 32.2. The minimum atomic E-state index is -0.517. The summed E-state index contributed by atoms with van der Waals surface area (Å²) in [5, 5.41) is 10.3. The van der Waals surface area contributed by atoms with Gasteiger partial charge in [-0.15, -0.1) is 0 Å². The number of hydrogen-bond donors (Lipinski definition) is 1. The van der Waals surface area contributed by atoms with Gasteiger partial charge in [-0.3, -0.25) is 0 Å². The first kappa shape index (κ1) is 14.5. The number of thioether (sulfide) groups is 1. The molecule has 0 unspecified atom stereocenters. The molecule has 0 amide bonds. The first-order valence-corrected chi connectivity index (χ1v) is 7.28. The molecule has 1 aromatic heterocycles. The van der Waals surface area contributed by atoms with Gasteiger partial charge in [-0.25, -0.2) is 9.97 Å². The largest absolute Gasteiger partial charge is 0.387 e. The average Bonchev–Trinajstić information content (AvgIpc) is 2.28. The highest BCUT2D eigenvalue weighted by Gasteiger charge is 2.07. The number of nitrogens with zero attached hydrogens (tertiary/aromatic N) is 2. The Morgan fingerprint density at radius 1 is 1.29 bits per heavy atom. The topological polar surface area (TPSA) is 46.0 Å². The zero-order chi connectivity index (χ0) is 12.7. The van der Waals surface area contributed by atoms with Gasteiger partial charge in [0.15, 0.2) is 5.16 Å². The Balaban J connectivity index is 2.47. The van der Waals surface area contributed by atoms with Gasteiger partial charge < -0.3 is 5.11 Å². The predicted octanol–water partition coefficient (Wildman–Crippen LogP) is 3.51. The van der Waals surface area contributed by atoms with E-state index in [1.165, 1.54) is 25.7 Å². The fourth-order valence-corrected chi connectivity index (χ4v) is 2.45. The van der Waals surface area contributed by atoms with Crippen molar-refractivity contribution in [3.8, 4) is 0 Å². The number of aryl methyl sites for hydroxylation is 1. The van der Waals surface area contributed by atoms with Crippen molar-refractivity contribution in [3.05, 3.63) is 17.5 Å². The van der Waals surface area contributed by atoms with Gasteiger partial charge in [0.25, 0.3) is 0 Å². The smallest absolute Gasteiger partial charge is 0.188 e. The Kier molecular flexibility index (Phi) is 6.52. The summed E-state index contributed by atoms with van der Waals surface area (Å²) in [5.74, 6) is 1.06. The van der Waals surface area contributed by atoms with Crippen LogP contribution in [0.5, 0.6) is 0 Å². The lowest BCUT2D eigenvalue weighted by molar-refractivity contribution is 0.193. The molecule has 0 fully saturated rings. The maximum atomic E-state index is 9.51. The molecule has 0 aliphatic heterocycles. The molecule has 1 rings (SSSR count). The average molecular weight is 254 g/mol. The molecule has 0 saturated heterocycles. The highest BCUT2D eigenvalue weighted by Crippen LogP contribution is 2.19. The first-order valence-electron chi connectivity index (χ1n) is 6.30. The van der Waals surface area contributed by atoms with E-state index in [4.69, 9.17) is 0 Å². The van der Waals surface area contributed by atoms with Crippen LogP contribution in [0.1, 0.15) is 57.0 Å². The summed E-state index contributed by atoms with van der Waals surface area (Å²) in [4.78, 5) is 8.73. The molecule has 17 heavy (non-hydrogen) atoms. The van der Waals surface area contributed by atoms with Crippen molar-refractivity contribution in [2.75, 3.05) is 5.75 Å². The second kappa shape index (κ2) is 7.67. The fraction of sp³-hybridized carbons (Fsp3) is 0.692. The SMILES string of the molecule is CCCCCCSc1nc(C)cc([C@H](C)O)n1. The van der Waals surface area contributed by atoms with E-state index in [-0.39, 0.29) is 0 Å². The Morgan fingerprint density at radius 2 is 2.06 bits per heavy atom. The number of unbranched alkanes of at least 4 members (excludes halogenated alkanes) is 3. The summed E-state index contributed by atoms with van der Waals surface area (Å²) in [7, 11) is 0. The lowest BCUT2D eigenvalue weighted by Crippen LogP contribution is -2.00. The van der Waals surface area contributed by atoms with E-state index in [2.05, 4.69) is 16.9 Å². The third-order valence-corrected chi connectivity index (χ3v) is 3.44. The van der Waals surface area contributed by atoms with E-state index in [1.54, 1.807) is 18.7 Å². The van der Waals surface area contributed by atoms with E-state index >= 15 is 0 Å². The molecule has 0 aliphatic carbocycles. The van der Waals surface area contributed by atoms with Gasteiger partial charge in [0, 0.05) is 11.4 Å². The van der Waals surface area contributed by atoms with Crippen molar-refractivity contribution >= 4 is 11.8 Å². The maximum absolute atomic E-state index is 9.51. The van der Waals surface area contributed by atoms with Crippen LogP contribution in [0.2, 0.25) is 0 Å². The van der Waals surface area contributed by atoms with Gasteiger partial charge in [-0.05, 0) is 26.3 Å². The number of hydrogen-bond acceptors (Lipinski definition) is 4. The van der Waals surface area contributed by atoms with Crippen LogP contribution >= 0.6 is 11.8 Å². The molecule has 96 valence electrons. The van der Waals surface area contributed by atoms with Gasteiger partial charge >= 0.3 is 0 Å². The molecule has 0 saturated carbocycles. The summed E-state index contributed by atoms with van der Waals surface area (Å²) in [6, 6.07) is 1.84. The molecular weight excluding hydrogens is 232 g/mol. The number of rotatable bonds is 7. The quantitative estimate of drug-likeness (QED) is 0.459. The molecule has 1 heterocycles. The third-order valence-electron chi connectivity index (χ3n) is 2.51. The standard InChI is InChI=1S/C13H22N2OS/c1-4-5-6-7-8-17-13-14-10(2)9-12(15-13)11(3)16/h9,11,16H,4-8H2,1-3H3/t11-/m0/s1. The van der Waals surface area contributed by atoms with E-state index in [9.17, 15) is 5.11 Å². The predicted molar refractivity (Wildman–Crippen MR) is 72.3 cm³/mol. The maximum Gasteiger partial charge on any atom is 0.188 e. The van der Waals surface area contributed by atoms with Crippen molar-refractivity contribution < 1.29 is 5.11 Å². The number of aliphatic hydroxyl groups is 1. The van der Waals surface area contributed by atoms with Crippen LogP contribution in [-0.4, -0.2) is 20.8 Å². The lowest BCUT2D eigenvalue weighted by atomic mass is 10.2. The van der Waals surface area contributed by atoms with Crippen molar-refractivity contribution in [1.82, 2.24) is 9.97 Å². The summed E-state index contributed by atoms with van der Waals surface area (Å²) < 4.78 is 0. The van der Waals surface area contributed by atoms with Crippen molar-refractivity contribution in [1.29, 1.82) is 0 Å². The van der Waals surface area contributed by atoms with Crippen molar-refractivity contribution in [2.45, 2.75) is 57.7 Å². The normalized spacial score (nSPS) is 12.7. The molecule has 4 heteroatoms. The van der Waals surface area contributed by atoms with Crippen LogP contribution in [0.3, 0.4) is 0 Å². The van der Waals surface area contributed by atoms with Crippen LogP contribution in [0, 0.1) is 6.92 Å². The van der Waals surface area contributed by atoms with Gasteiger partial charge in [0.05, 0.1) is 11.8 Å². The Bertz CT molecular complexity index is 342. The summed E-state index contributed by atoms with van der Waals surface area (Å²) in [6.07, 6.45) is 4.53. The lowest BCUT2D eigenvalue weighted by Gasteiger charge is -2.07. The summed E-state index contributed by atoms with van der Waals surface area (Å²) in [5.41, 5.74) is 1.64. The van der Waals surface area contributed by atoms with Crippen LogP contribution in [-0.2, 0) is 0 Å². The van der Waals surface area contributed by atoms with E-state index in [1.807, 2.05) is 13.0 Å². The molecule has 3 nitrogen and oxygen atoms in total. The molecule has 1 atom stereocenters. The second-order valence-corrected chi connectivity index (χ2v) is 5.36. The minimum absolute atomic E-state index is 0.517. The molecule has 0 radical (unpaired) electrons. The van der Waals surface area contributed by atoms with E-state index < -0.39 is 6.10 Å². The zero-order valence-corrected chi connectivity index (χ0v) is 11.8. The highest BCUT2D eigenvalue weighted by molar-refractivity contribution is 7.99. The monoisotopic (exact) mass is 254 g/mol. The van der Waals surface area contributed by atoms with Crippen molar-refractivity contribution in [2.24, 2.45) is 0 Å². The molecule has 1 aromatic rings. The third kappa shape index (κ3) is 5.50.